The van der Waals surface area contributed by atoms with E-state index < -0.39 is 29.4 Å². The molecule has 1 aliphatic rings. The van der Waals surface area contributed by atoms with Gasteiger partial charge in [-0.25, -0.2) is 4.79 Å². The van der Waals surface area contributed by atoms with Crippen molar-refractivity contribution in [2.45, 2.75) is 50.9 Å². The zero-order valence-corrected chi connectivity index (χ0v) is 20.3. The van der Waals surface area contributed by atoms with Gasteiger partial charge in [0.15, 0.2) is 0 Å². The average molecular weight is 497 g/mol. The van der Waals surface area contributed by atoms with Gasteiger partial charge in [-0.15, -0.1) is 0 Å². The summed E-state index contributed by atoms with van der Waals surface area (Å²) in [7, 11) is 1.67. The first-order valence-electron chi connectivity index (χ1n) is 10.9. The Morgan fingerprint density at radius 1 is 1.03 bits per heavy atom. The Bertz CT molecular complexity index is 1020. The van der Waals surface area contributed by atoms with Gasteiger partial charge in [-0.2, -0.15) is 13.2 Å². The summed E-state index contributed by atoms with van der Waals surface area (Å²) in [5.74, 6) is -0.630. The number of likely N-dealkylation sites (tertiary alicyclic amines) is 1. The van der Waals surface area contributed by atoms with Crippen LogP contribution in [0.15, 0.2) is 48.5 Å². The summed E-state index contributed by atoms with van der Waals surface area (Å²) in [4.78, 5) is 29.0. The van der Waals surface area contributed by atoms with Gasteiger partial charge < -0.3 is 14.5 Å². The number of carbonyl (C=O) groups is 2. The van der Waals surface area contributed by atoms with Crippen LogP contribution in [0.1, 0.15) is 54.6 Å². The normalized spacial score (nSPS) is 19.0. The van der Waals surface area contributed by atoms with E-state index in [0.29, 0.717) is 29.1 Å². The third-order valence-electron chi connectivity index (χ3n) is 5.80. The second-order valence-corrected chi connectivity index (χ2v) is 9.87. The highest BCUT2D eigenvalue weighted by atomic mass is 35.5. The smallest absolute Gasteiger partial charge is 0.416 e. The van der Waals surface area contributed by atoms with Crippen LogP contribution in [-0.4, -0.2) is 53.6 Å². The highest BCUT2D eigenvalue weighted by molar-refractivity contribution is 6.30. The molecule has 34 heavy (non-hydrogen) atoms. The van der Waals surface area contributed by atoms with Crippen LogP contribution in [0.5, 0.6) is 0 Å². The standard InChI is InChI=1S/C25H28ClF3N2O3/c1-24(2,3)34-23(33)31-14-13-21(30(4)22(32)17-7-11-19(26)12-8-17)20(15-31)16-5-9-18(10-6-16)25(27,28)29/h5-12,20-21H,13-15H2,1-4H3/t20-,21+/m0/s1. The van der Waals surface area contributed by atoms with E-state index in [9.17, 15) is 22.8 Å². The summed E-state index contributed by atoms with van der Waals surface area (Å²) in [6, 6.07) is 11.1. The van der Waals surface area contributed by atoms with Crippen LogP contribution >= 0.6 is 11.6 Å². The molecule has 0 aromatic heterocycles. The highest BCUT2D eigenvalue weighted by Gasteiger charge is 2.38. The molecular formula is C25H28ClF3N2O3. The third-order valence-corrected chi connectivity index (χ3v) is 6.06. The van der Waals surface area contributed by atoms with Crippen molar-refractivity contribution in [1.82, 2.24) is 9.80 Å². The lowest BCUT2D eigenvalue weighted by molar-refractivity contribution is -0.137. The molecule has 9 heteroatoms. The molecule has 1 fully saturated rings. The Morgan fingerprint density at radius 2 is 1.62 bits per heavy atom. The molecule has 0 aliphatic carbocycles. The Hall–Kier alpha value is -2.74. The van der Waals surface area contributed by atoms with Crippen LogP contribution in [-0.2, 0) is 10.9 Å². The molecule has 1 aliphatic heterocycles. The number of halogens is 4. The molecule has 2 aromatic rings. The zero-order chi connectivity index (χ0) is 25.3. The van der Waals surface area contributed by atoms with Crippen LogP contribution in [0.25, 0.3) is 0 Å². The fourth-order valence-electron chi connectivity index (χ4n) is 4.09. The lowest BCUT2D eigenvalue weighted by Crippen LogP contribution is -2.52. The van der Waals surface area contributed by atoms with E-state index in [2.05, 4.69) is 0 Å². The predicted molar refractivity (Wildman–Crippen MR) is 124 cm³/mol. The fraction of sp³-hybridized carbons (Fsp3) is 0.440. The van der Waals surface area contributed by atoms with Crippen LogP contribution < -0.4 is 0 Å². The molecule has 1 saturated heterocycles. The summed E-state index contributed by atoms with van der Waals surface area (Å²) in [5.41, 5.74) is -0.369. The number of piperidine rings is 1. The first-order valence-corrected chi connectivity index (χ1v) is 11.3. The minimum atomic E-state index is -4.45. The fourth-order valence-corrected chi connectivity index (χ4v) is 4.22. The van der Waals surface area contributed by atoms with Crippen molar-refractivity contribution in [2.24, 2.45) is 0 Å². The number of hydrogen-bond donors (Lipinski definition) is 0. The molecule has 2 atom stereocenters. The summed E-state index contributed by atoms with van der Waals surface area (Å²) < 4.78 is 44.7. The minimum Gasteiger partial charge on any atom is -0.444 e. The second-order valence-electron chi connectivity index (χ2n) is 9.43. The maximum atomic E-state index is 13.1. The van der Waals surface area contributed by atoms with Gasteiger partial charge in [0.25, 0.3) is 5.91 Å². The molecule has 0 saturated carbocycles. The molecule has 0 spiro atoms. The van der Waals surface area contributed by atoms with Crippen molar-refractivity contribution in [2.75, 3.05) is 20.1 Å². The van der Waals surface area contributed by atoms with Crippen LogP contribution in [0.3, 0.4) is 0 Å². The largest absolute Gasteiger partial charge is 0.444 e. The number of carbonyl (C=O) groups excluding carboxylic acids is 2. The first-order chi connectivity index (χ1) is 15.8. The number of hydrogen-bond acceptors (Lipinski definition) is 3. The second kappa shape index (κ2) is 9.86. The maximum absolute atomic E-state index is 13.1. The van der Waals surface area contributed by atoms with Crippen molar-refractivity contribution < 1.29 is 27.5 Å². The van der Waals surface area contributed by atoms with Crippen molar-refractivity contribution in [3.05, 3.63) is 70.2 Å². The number of alkyl halides is 3. The number of benzene rings is 2. The van der Waals surface area contributed by atoms with Crippen LogP contribution in [0, 0.1) is 0 Å². The van der Waals surface area contributed by atoms with Crippen molar-refractivity contribution >= 4 is 23.6 Å². The lowest BCUT2D eigenvalue weighted by Gasteiger charge is -2.43. The number of likely N-dealkylation sites (N-methyl/N-ethyl adjacent to an activating group) is 1. The molecule has 2 aromatic carbocycles. The van der Waals surface area contributed by atoms with Gasteiger partial charge in [0, 0.05) is 42.7 Å². The van der Waals surface area contributed by atoms with Gasteiger partial charge in [-0.05, 0) is 69.2 Å². The number of nitrogens with zero attached hydrogens (tertiary/aromatic N) is 2. The van der Waals surface area contributed by atoms with E-state index >= 15 is 0 Å². The molecule has 0 bridgehead atoms. The monoisotopic (exact) mass is 496 g/mol. The SMILES string of the molecule is CN(C(=O)c1ccc(Cl)cc1)[C@@H]1CCN(C(=O)OC(C)(C)C)C[C@H]1c1ccc(C(F)(F)F)cc1. The number of rotatable bonds is 3. The summed E-state index contributed by atoms with van der Waals surface area (Å²) in [6.07, 6.45) is -4.50. The summed E-state index contributed by atoms with van der Waals surface area (Å²) >= 11 is 5.93. The van der Waals surface area contributed by atoms with Gasteiger partial charge in [0.2, 0.25) is 0 Å². The Morgan fingerprint density at radius 3 is 2.15 bits per heavy atom. The van der Waals surface area contributed by atoms with Crippen LogP contribution in [0.4, 0.5) is 18.0 Å². The highest BCUT2D eigenvalue weighted by Crippen LogP contribution is 2.35. The molecule has 2 amide bonds. The molecular weight excluding hydrogens is 469 g/mol. The summed E-state index contributed by atoms with van der Waals surface area (Å²) in [6.45, 7) is 5.87. The first kappa shape index (κ1) is 25.9. The summed E-state index contributed by atoms with van der Waals surface area (Å²) in [5, 5.41) is 0.507. The molecule has 0 radical (unpaired) electrons. The van der Waals surface area contributed by atoms with Crippen molar-refractivity contribution in [3.8, 4) is 0 Å². The van der Waals surface area contributed by atoms with E-state index in [1.54, 1.807) is 61.9 Å². The van der Waals surface area contributed by atoms with E-state index in [4.69, 9.17) is 16.3 Å². The Labute approximate surface area is 202 Å². The topological polar surface area (TPSA) is 49.9 Å². The van der Waals surface area contributed by atoms with Gasteiger partial charge >= 0.3 is 12.3 Å². The zero-order valence-electron chi connectivity index (χ0n) is 19.5. The van der Waals surface area contributed by atoms with E-state index in [1.807, 2.05) is 0 Å². The number of ether oxygens (including phenoxy) is 1. The number of amides is 2. The molecule has 184 valence electrons. The Balaban J connectivity index is 1.90. The lowest BCUT2D eigenvalue weighted by atomic mass is 9.84. The molecule has 0 unspecified atom stereocenters. The third kappa shape index (κ3) is 6.23. The quantitative estimate of drug-likeness (QED) is 0.506. The van der Waals surface area contributed by atoms with Crippen molar-refractivity contribution in [3.63, 3.8) is 0 Å². The van der Waals surface area contributed by atoms with E-state index in [-0.39, 0.29) is 18.5 Å². The average Bonchev–Trinajstić information content (AvgIpc) is 2.76. The molecule has 5 nitrogen and oxygen atoms in total. The van der Waals surface area contributed by atoms with Gasteiger partial charge in [0.1, 0.15) is 5.60 Å². The van der Waals surface area contributed by atoms with Gasteiger partial charge in [-0.3, -0.25) is 4.79 Å². The van der Waals surface area contributed by atoms with Crippen molar-refractivity contribution in [1.29, 1.82) is 0 Å². The predicted octanol–water partition coefficient (Wildman–Crippen LogP) is 6.22. The molecule has 1 heterocycles. The molecule has 0 N–H and O–H groups in total. The van der Waals surface area contributed by atoms with Crippen LogP contribution in [0.2, 0.25) is 5.02 Å². The van der Waals surface area contributed by atoms with Gasteiger partial charge in [-0.1, -0.05) is 23.7 Å². The Kier molecular flexibility index (Phi) is 7.50. The maximum Gasteiger partial charge on any atom is 0.416 e. The van der Waals surface area contributed by atoms with Gasteiger partial charge in [0.05, 0.1) is 5.56 Å². The molecule has 3 rings (SSSR count). The minimum absolute atomic E-state index is 0.211. The van der Waals surface area contributed by atoms with E-state index in [1.165, 1.54) is 12.1 Å². The van der Waals surface area contributed by atoms with E-state index in [0.717, 1.165) is 12.1 Å².